The molecule has 1 atom stereocenters. The monoisotopic (exact) mass is 308 g/mol. The molecule has 0 heterocycles. The van der Waals surface area contributed by atoms with Gasteiger partial charge >= 0.3 is 0 Å². The van der Waals surface area contributed by atoms with E-state index in [4.69, 9.17) is 0 Å². The number of halogens is 2. The SMILES string of the molecule is CC(=O)CS(=O)C(c1ccc(F)cc1)c1ccc(F)cc1. The summed E-state index contributed by atoms with van der Waals surface area (Å²) in [6.07, 6.45) is 0. The molecule has 0 aliphatic rings. The first-order chi connectivity index (χ1) is 9.97. The topological polar surface area (TPSA) is 34.1 Å². The molecule has 2 rings (SSSR count). The van der Waals surface area contributed by atoms with Crippen LogP contribution in [0, 0.1) is 11.6 Å². The molecule has 0 saturated heterocycles. The molecule has 2 aromatic carbocycles. The van der Waals surface area contributed by atoms with Gasteiger partial charge in [0.25, 0.3) is 0 Å². The predicted octanol–water partition coefficient (Wildman–Crippen LogP) is 3.39. The van der Waals surface area contributed by atoms with Gasteiger partial charge in [-0.3, -0.25) is 9.00 Å². The standard InChI is InChI=1S/C16H14F2O2S/c1-11(19)10-21(20)16(12-2-6-14(17)7-3-12)13-4-8-15(18)9-5-13/h2-9,16H,10H2,1H3. The van der Waals surface area contributed by atoms with Crippen molar-refractivity contribution in [3.63, 3.8) is 0 Å². The number of carbonyl (C=O) groups excluding carboxylic acids is 1. The summed E-state index contributed by atoms with van der Waals surface area (Å²) in [5.41, 5.74) is 1.25. The normalized spacial score (nSPS) is 12.4. The van der Waals surface area contributed by atoms with E-state index in [0.717, 1.165) is 0 Å². The fourth-order valence-corrected chi connectivity index (χ4v) is 3.54. The van der Waals surface area contributed by atoms with Crippen molar-refractivity contribution in [3.05, 3.63) is 71.3 Å². The van der Waals surface area contributed by atoms with Gasteiger partial charge in [0.2, 0.25) is 0 Å². The molecule has 5 heteroatoms. The maximum Gasteiger partial charge on any atom is 0.142 e. The molecule has 1 unspecified atom stereocenters. The zero-order valence-electron chi connectivity index (χ0n) is 11.4. The van der Waals surface area contributed by atoms with Gasteiger partial charge in [-0.05, 0) is 42.3 Å². The number of carbonyl (C=O) groups is 1. The number of ketones is 1. The average Bonchev–Trinajstić information content (AvgIpc) is 2.42. The summed E-state index contributed by atoms with van der Waals surface area (Å²) in [4.78, 5) is 11.2. The van der Waals surface area contributed by atoms with Gasteiger partial charge in [0, 0.05) is 10.8 Å². The van der Waals surface area contributed by atoms with Crippen LogP contribution in [-0.2, 0) is 15.6 Å². The first-order valence-corrected chi connectivity index (χ1v) is 7.73. The summed E-state index contributed by atoms with van der Waals surface area (Å²) >= 11 is 0. The third-order valence-electron chi connectivity index (χ3n) is 2.95. The largest absolute Gasteiger partial charge is 0.299 e. The summed E-state index contributed by atoms with van der Waals surface area (Å²) in [5.74, 6) is -1.08. The molecule has 0 radical (unpaired) electrons. The van der Waals surface area contributed by atoms with Gasteiger partial charge in [0.15, 0.2) is 0 Å². The number of Topliss-reactive ketones (excluding diaryl/α,β-unsaturated/α-hetero) is 1. The van der Waals surface area contributed by atoms with Crippen molar-refractivity contribution in [2.45, 2.75) is 12.2 Å². The third kappa shape index (κ3) is 4.04. The quantitative estimate of drug-likeness (QED) is 0.848. The van der Waals surface area contributed by atoms with Crippen LogP contribution in [0.25, 0.3) is 0 Å². The van der Waals surface area contributed by atoms with Crippen molar-refractivity contribution in [2.75, 3.05) is 5.75 Å². The fraction of sp³-hybridized carbons (Fsp3) is 0.188. The minimum Gasteiger partial charge on any atom is -0.299 e. The third-order valence-corrected chi connectivity index (χ3v) is 4.72. The van der Waals surface area contributed by atoms with Crippen molar-refractivity contribution in [3.8, 4) is 0 Å². The highest BCUT2D eigenvalue weighted by atomic mass is 32.2. The Balaban J connectivity index is 2.43. The van der Waals surface area contributed by atoms with Gasteiger partial charge in [-0.1, -0.05) is 24.3 Å². The molecule has 0 aliphatic carbocycles. The Labute approximate surface area is 124 Å². The molecule has 0 N–H and O–H groups in total. The molecule has 2 nitrogen and oxygen atoms in total. The number of benzene rings is 2. The van der Waals surface area contributed by atoms with E-state index in [-0.39, 0.29) is 11.5 Å². The first-order valence-electron chi connectivity index (χ1n) is 6.35. The van der Waals surface area contributed by atoms with E-state index in [1.54, 1.807) is 0 Å². The van der Waals surface area contributed by atoms with Gasteiger partial charge in [-0.25, -0.2) is 8.78 Å². The summed E-state index contributed by atoms with van der Waals surface area (Å²) < 4.78 is 38.5. The van der Waals surface area contributed by atoms with E-state index in [9.17, 15) is 17.8 Å². The van der Waals surface area contributed by atoms with Crippen LogP contribution in [0.5, 0.6) is 0 Å². The lowest BCUT2D eigenvalue weighted by atomic mass is 10.0. The second-order valence-electron chi connectivity index (χ2n) is 4.71. The van der Waals surface area contributed by atoms with E-state index in [2.05, 4.69) is 0 Å². The van der Waals surface area contributed by atoms with Crippen LogP contribution in [0.4, 0.5) is 8.78 Å². The Kier molecular flexibility index (Phi) is 4.96. The molecular formula is C16H14F2O2S. The minimum absolute atomic E-state index is 0.0978. The molecular weight excluding hydrogens is 294 g/mol. The maximum absolute atomic E-state index is 13.0. The van der Waals surface area contributed by atoms with Crippen molar-refractivity contribution in [1.29, 1.82) is 0 Å². The van der Waals surface area contributed by atoms with Crippen molar-refractivity contribution >= 4 is 16.6 Å². The highest BCUT2D eigenvalue weighted by Crippen LogP contribution is 2.29. The molecule has 0 spiro atoms. The Morgan fingerprint density at radius 3 is 1.67 bits per heavy atom. The smallest absolute Gasteiger partial charge is 0.142 e. The van der Waals surface area contributed by atoms with Crippen LogP contribution in [0.15, 0.2) is 48.5 Å². The first kappa shape index (κ1) is 15.5. The molecule has 0 fully saturated rings. The molecule has 2 aromatic rings. The Morgan fingerprint density at radius 1 is 0.952 bits per heavy atom. The van der Waals surface area contributed by atoms with E-state index >= 15 is 0 Å². The molecule has 0 saturated carbocycles. The summed E-state index contributed by atoms with van der Waals surface area (Å²) in [7, 11) is -1.50. The van der Waals surface area contributed by atoms with Gasteiger partial charge < -0.3 is 0 Å². The van der Waals surface area contributed by atoms with Crippen LogP contribution in [0.2, 0.25) is 0 Å². The summed E-state index contributed by atoms with van der Waals surface area (Å²) in [6.45, 7) is 1.37. The van der Waals surface area contributed by atoms with Crippen LogP contribution >= 0.6 is 0 Å². The van der Waals surface area contributed by atoms with E-state index < -0.39 is 27.7 Å². The Bertz CT molecular complexity index is 605. The van der Waals surface area contributed by atoms with Gasteiger partial charge in [0.1, 0.15) is 17.4 Å². The second kappa shape index (κ2) is 6.72. The van der Waals surface area contributed by atoms with E-state index in [1.165, 1.54) is 55.5 Å². The molecule has 21 heavy (non-hydrogen) atoms. The predicted molar refractivity (Wildman–Crippen MR) is 78.3 cm³/mol. The molecule has 110 valence electrons. The van der Waals surface area contributed by atoms with Gasteiger partial charge in [-0.15, -0.1) is 0 Å². The van der Waals surface area contributed by atoms with Crippen molar-refractivity contribution < 1.29 is 17.8 Å². The number of hydrogen-bond donors (Lipinski definition) is 0. The van der Waals surface area contributed by atoms with Gasteiger partial charge in [-0.2, -0.15) is 0 Å². The molecule has 0 aromatic heterocycles. The number of rotatable bonds is 5. The lowest BCUT2D eigenvalue weighted by molar-refractivity contribution is -0.114. The Morgan fingerprint density at radius 2 is 1.33 bits per heavy atom. The van der Waals surface area contributed by atoms with Crippen LogP contribution in [0.3, 0.4) is 0 Å². The van der Waals surface area contributed by atoms with Gasteiger partial charge in [0.05, 0.1) is 11.0 Å². The molecule has 0 bridgehead atoms. The average molecular weight is 308 g/mol. The molecule has 0 amide bonds. The van der Waals surface area contributed by atoms with Crippen molar-refractivity contribution in [1.82, 2.24) is 0 Å². The lowest BCUT2D eigenvalue weighted by Crippen LogP contribution is -2.16. The summed E-state index contributed by atoms with van der Waals surface area (Å²) in [6, 6.07) is 11.2. The fourth-order valence-electron chi connectivity index (χ4n) is 2.05. The maximum atomic E-state index is 13.0. The molecule has 0 aliphatic heterocycles. The Hall–Kier alpha value is -1.88. The van der Waals surface area contributed by atoms with E-state index in [0.29, 0.717) is 11.1 Å². The van der Waals surface area contributed by atoms with Crippen LogP contribution < -0.4 is 0 Å². The highest BCUT2D eigenvalue weighted by Gasteiger charge is 2.22. The highest BCUT2D eigenvalue weighted by molar-refractivity contribution is 7.86. The minimum atomic E-state index is -1.50. The van der Waals surface area contributed by atoms with Crippen molar-refractivity contribution in [2.24, 2.45) is 0 Å². The van der Waals surface area contributed by atoms with Crippen LogP contribution in [0.1, 0.15) is 23.3 Å². The van der Waals surface area contributed by atoms with E-state index in [1.807, 2.05) is 0 Å². The second-order valence-corrected chi connectivity index (χ2v) is 6.23. The zero-order chi connectivity index (χ0) is 15.4. The van der Waals surface area contributed by atoms with Crippen LogP contribution in [-0.4, -0.2) is 15.7 Å². The lowest BCUT2D eigenvalue weighted by Gasteiger charge is -2.17. The summed E-state index contributed by atoms with van der Waals surface area (Å²) in [5, 5.41) is -0.588. The zero-order valence-corrected chi connectivity index (χ0v) is 12.2. The number of hydrogen-bond acceptors (Lipinski definition) is 2.